The van der Waals surface area contributed by atoms with Gasteiger partial charge in [-0.3, -0.25) is 9.59 Å². The Morgan fingerprint density at radius 3 is 2.21 bits per heavy atom. The summed E-state index contributed by atoms with van der Waals surface area (Å²) in [6.07, 6.45) is 0.467. The van der Waals surface area contributed by atoms with Gasteiger partial charge in [0.1, 0.15) is 5.75 Å². The van der Waals surface area contributed by atoms with Gasteiger partial charge in [-0.2, -0.15) is 0 Å². The summed E-state index contributed by atoms with van der Waals surface area (Å²) in [6.45, 7) is 14.5. The molecule has 1 heterocycles. The van der Waals surface area contributed by atoms with E-state index < -0.39 is 0 Å². The number of anilines is 1. The van der Waals surface area contributed by atoms with E-state index in [0.717, 1.165) is 39.3 Å². The third-order valence-electron chi connectivity index (χ3n) is 5.72. The van der Waals surface area contributed by atoms with Crippen LogP contribution in [0.25, 0.3) is 0 Å². The molecule has 2 aromatic carbocycles. The van der Waals surface area contributed by atoms with Crippen LogP contribution in [0.4, 0.5) is 5.69 Å². The standard InChI is InChI=1S/C25H31NO3/c1-14-15(2)24-22(16(3)23(14)26-21(28)12-25(5,6)7)20(13-29-24)19-10-8-18(9-11-19)17(4)27/h8-11,20H,12-13H2,1-7H3,(H,26,28). The number of ether oxygens (including phenoxy) is 1. The molecule has 0 bridgehead atoms. The molecular weight excluding hydrogens is 362 g/mol. The van der Waals surface area contributed by atoms with E-state index in [1.165, 1.54) is 0 Å². The molecular formula is C25H31NO3. The van der Waals surface area contributed by atoms with Crippen molar-refractivity contribution in [1.82, 2.24) is 0 Å². The van der Waals surface area contributed by atoms with E-state index in [2.05, 4.69) is 33.0 Å². The van der Waals surface area contributed by atoms with E-state index in [0.29, 0.717) is 18.6 Å². The summed E-state index contributed by atoms with van der Waals surface area (Å²) in [7, 11) is 0. The minimum atomic E-state index is -0.0677. The summed E-state index contributed by atoms with van der Waals surface area (Å²) >= 11 is 0. The van der Waals surface area contributed by atoms with Crippen LogP contribution in [0.15, 0.2) is 24.3 Å². The second kappa shape index (κ2) is 7.66. The first-order valence-electron chi connectivity index (χ1n) is 10.2. The highest BCUT2D eigenvalue weighted by Gasteiger charge is 2.32. The van der Waals surface area contributed by atoms with Crippen LogP contribution in [-0.2, 0) is 4.79 Å². The number of amides is 1. The number of ketones is 1. The van der Waals surface area contributed by atoms with E-state index >= 15 is 0 Å². The second-order valence-corrected chi connectivity index (χ2v) is 9.32. The van der Waals surface area contributed by atoms with Crippen LogP contribution in [-0.4, -0.2) is 18.3 Å². The zero-order valence-corrected chi connectivity index (χ0v) is 18.5. The quantitative estimate of drug-likeness (QED) is 0.677. The van der Waals surface area contributed by atoms with Gasteiger partial charge in [-0.05, 0) is 55.4 Å². The summed E-state index contributed by atoms with van der Waals surface area (Å²) in [5.74, 6) is 1.11. The molecule has 0 fully saturated rings. The highest BCUT2D eigenvalue weighted by atomic mass is 16.5. The summed E-state index contributed by atoms with van der Waals surface area (Å²) < 4.78 is 6.10. The van der Waals surface area contributed by atoms with Gasteiger partial charge < -0.3 is 10.1 Å². The lowest BCUT2D eigenvalue weighted by molar-refractivity contribution is -0.117. The van der Waals surface area contributed by atoms with Crippen LogP contribution in [0.3, 0.4) is 0 Å². The largest absolute Gasteiger partial charge is 0.492 e. The van der Waals surface area contributed by atoms with Crippen molar-refractivity contribution in [2.75, 3.05) is 11.9 Å². The number of fused-ring (bicyclic) bond motifs is 1. The Balaban J connectivity index is 2.01. The van der Waals surface area contributed by atoms with Crippen molar-refractivity contribution in [2.24, 2.45) is 5.41 Å². The topological polar surface area (TPSA) is 55.4 Å². The van der Waals surface area contributed by atoms with Crippen molar-refractivity contribution >= 4 is 17.4 Å². The molecule has 0 spiro atoms. The van der Waals surface area contributed by atoms with Gasteiger partial charge in [0, 0.05) is 29.2 Å². The van der Waals surface area contributed by atoms with Crippen molar-refractivity contribution in [3.05, 3.63) is 57.6 Å². The molecule has 154 valence electrons. The molecule has 1 atom stereocenters. The minimum Gasteiger partial charge on any atom is -0.492 e. The first-order chi connectivity index (χ1) is 13.5. The van der Waals surface area contributed by atoms with Gasteiger partial charge in [-0.15, -0.1) is 0 Å². The molecule has 0 aromatic heterocycles. The predicted molar refractivity (Wildman–Crippen MR) is 117 cm³/mol. The third kappa shape index (κ3) is 4.21. The third-order valence-corrected chi connectivity index (χ3v) is 5.72. The van der Waals surface area contributed by atoms with Crippen molar-refractivity contribution in [3.8, 4) is 5.75 Å². The van der Waals surface area contributed by atoms with Gasteiger partial charge in [0.2, 0.25) is 5.91 Å². The summed E-state index contributed by atoms with van der Waals surface area (Å²) in [5, 5.41) is 3.16. The fourth-order valence-electron chi connectivity index (χ4n) is 4.07. The van der Waals surface area contributed by atoms with E-state index in [4.69, 9.17) is 4.74 Å². The van der Waals surface area contributed by atoms with Gasteiger partial charge in [0.05, 0.1) is 6.61 Å². The maximum Gasteiger partial charge on any atom is 0.224 e. The van der Waals surface area contributed by atoms with Gasteiger partial charge in [0.25, 0.3) is 0 Å². The number of carbonyl (C=O) groups excluding carboxylic acids is 2. The molecule has 2 aromatic rings. The molecule has 1 unspecified atom stereocenters. The molecule has 0 aliphatic carbocycles. The molecule has 0 radical (unpaired) electrons. The molecule has 29 heavy (non-hydrogen) atoms. The number of hydrogen-bond donors (Lipinski definition) is 1. The first kappa shape index (κ1) is 21.1. The van der Waals surface area contributed by atoms with E-state index in [9.17, 15) is 9.59 Å². The second-order valence-electron chi connectivity index (χ2n) is 9.32. The highest BCUT2D eigenvalue weighted by molar-refractivity contribution is 5.94. The van der Waals surface area contributed by atoms with Crippen molar-refractivity contribution < 1.29 is 14.3 Å². The van der Waals surface area contributed by atoms with Crippen LogP contribution >= 0.6 is 0 Å². The van der Waals surface area contributed by atoms with Crippen molar-refractivity contribution in [2.45, 2.75) is 60.8 Å². The number of benzene rings is 2. The zero-order valence-electron chi connectivity index (χ0n) is 18.5. The van der Waals surface area contributed by atoms with Crippen LogP contribution in [0, 0.1) is 26.2 Å². The SMILES string of the molecule is CC(=O)c1ccc(C2COc3c(C)c(C)c(NC(=O)CC(C)(C)C)c(C)c32)cc1. The molecule has 1 aliphatic rings. The van der Waals surface area contributed by atoms with Crippen LogP contribution in [0.1, 0.15) is 78.2 Å². The van der Waals surface area contributed by atoms with E-state index in [1.54, 1.807) is 6.92 Å². The van der Waals surface area contributed by atoms with Crippen LogP contribution < -0.4 is 10.1 Å². The minimum absolute atomic E-state index is 0.0318. The smallest absolute Gasteiger partial charge is 0.224 e. The zero-order chi connectivity index (χ0) is 21.5. The molecule has 4 heteroatoms. The monoisotopic (exact) mass is 393 g/mol. The molecule has 1 N–H and O–H groups in total. The average Bonchev–Trinajstić information content (AvgIpc) is 3.07. The summed E-state index contributed by atoms with van der Waals surface area (Å²) in [5.41, 5.74) is 6.97. The Kier molecular flexibility index (Phi) is 5.57. The van der Waals surface area contributed by atoms with E-state index in [1.807, 2.05) is 38.1 Å². The lowest BCUT2D eigenvalue weighted by Gasteiger charge is -2.22. The Morgan fingerprint density at radius 2 is 1.66 bits per heavy atom. The maximum absolute atomic E-state index is 12.6. The average molecular weight is 394 g/mol. The Hall–Kier alpha value is -2.62. The maximum atomic E-state index is 12.6. The molecule has 0 saturated carbocycles. The number of Topliss-reactive ketones (excluding diaryl/α,β-unsaturated/α-hetero) is 1. The highest BCUT2D eigenvalue weighted by Crippen LogP contribution is 2.46. The Labute approximate surface area is 173 Å². The number of rotatable bonds is 4. The molecule has 3 rings (SSSR count). The van der Waals surface area contributed by atoms with E-state index in [-0.39, 0.29) is 23.0 Å². The molecule has 1 aliphatic heterocycles. The van der Waals surface area contributed by atoms with Crippen LogP contribution in [0.2, 0.25) is 0 Å². The number of nitrogens with one attached hydrogen (secondary N) is 1. The normalized spacial score (nSPS) is 15.6. The fraction of sp³-hybridized carbons (Fsp3) is 0.440. The fourth-order valence-corrected chi connectivity index (χ4v) is 4.07. The Bertz CT molecular complexity index is 965. The van der Waals surface area contributed by atoms with Gasteiger partial charge in [-0.25, -0.2) is 0 Å². The Morgan fingerprint density at radius 1 is 1.03 bits per heavy atom. The number of carbonyl (C=O) groups is 2. The van der Waals surface area contributed by atoms with Gasteiger partial charge in [0.15, 0.2) is 5.78 Å². The lowest BCUT2D eigenvalue weighted by Crippen LogP contribution is -2.21. The molecule has 0 saturated heterocycles. The van der Waals surface area contributed by atoms with Crippen LogP contribution in [0.5, 0.6) is 5.75 Å². The van der Waals surface area contributed by atoms with Crippen molar-refractivity contribution in [3.63, 3.8) is 0 Å². The predicted octanol–water partition coefficient (Wildman–Crippen LogP) is 5.71. The van der Waals surface area contributed by atoms with Gasteiger partial charge >= 0.3 is 0 Å². The summed E-state index contributed by atoms with van der Waals surface area (Å²) in [4.78, 5) is 24.2. The number of hydrogen-bond acceptors (Lipinski definition) is 3. The summed E-state index contributed by atoms with van der Waals surface area (Å²) in [6, 6.07) is 7.76. The lowest BCUT2D eigenvalue weighted by atomic mass is 9.86. The molecule has 4 nitrogen and oxygen atoms in total. The first-order valence-corrected chi connectivity index (χ1v) is 10.2. The van der Waals surface area contributed by atoms with Gasteiger partial charge in [-0.1, -0.05) is 45.0 Å². The molecule has 1 amide bonds. The van der Waals surface area contributed by atoms with Crippen molar-refractivity contribution in [1.29, 1.82) is 0 Å².